The highest BCUT2D eigenvalue weighted by Gasteiger charge is 2.19. The van der Waals surface area contributed by atoms with E-state index in [9.17, 15) is 14.4 Å². The van der Waals surface area contributed by atoms with Crippen molar-refractivity contribution in [3.8, 4) is 0 Å². The van der Waals surface area contributed by atoms with Crippen molar-refractivity contribution < 1.29 is 28.6 Å². The second-order valence-electron chi connectivity index (χ2n) is 21.0. The van der Waals surface area contributed by atoms with Crippen LogP contribution in [0.3, 0.4) is 0 Å². The van der Waals surface area contributed by atoms with E-state index in [0.717, 1.165) is 57.8 Å². The van der Waals surface area contributed by atoms with Crippen LogP contribution in [0.25, 0.3) is 0 Å². The van der Waals surface area contributed by atoms with Gasteiger partial charge in [-0.2, -0.15) is 0 Å². The predicted octanol–water partition coefficient (Wildman–Crippen LogP) is 20.7. The third-order valence-corrected chi connectivity index (χ3v) is 13.9. The van der Waals surface area contributed by atoms with Gasteiger partial charge in [-0.05, 0) is 70.6 Å². The van der Waals surface area contributed by atoms with Crippen molar-refractivity contribution in [1.29, 1.82) is 0 Å². The monoisotopic (exact) mass is 971 g/mol. The molecule has 0 aromatic rings. The molecule has 6 nitrogen and oxygen atoms in total. The zero-order valence-corrected chi connectivity index (χ0v) is 46.6. The molecule has 0 aliphatic carbocycles. The van der Waals surface area contributed by atoms with Gasteiger partial charge in [-0.3, -0.25) is 14.4 Å². The maximum atomic E-state index is 12.9. The van der Waals surface area contributed by atoms with E-state index in [4.69, 9.17) is 14.2 Å². The number of ether oxygens (including phenoxy) is 3. The predicted molar refractivity (Wildman–Crippen MR) is 298 cm³/mol. The molecule has 406 valence electrons. The highest BCUT2D eigenvalue weighted by atomic mass is 16.6. The van der Waals surface area contributed by atoms with Crippen LogP contribution in [0, 0.1) is 0 Å². The largest absolute Gasteiger partial charge is 0.462 e. The lowest BCUT2D eigenvalue weighted by Crippen LogP contribution is -2.30. The zero-order valence-electron chi connectivity index (χ0n) is 46.6. The number of carbonyl (C=O) groups excluding carboxylic acids is 3. The summed E-state index contributed by atoms with van der Waals surface area (Å²) in [5.74, 6) is -0.848. The van der Waals surface area contributed by atoms with E-state index in [-0.39, 0.29) is 31.1 Å². The van der Waals surface area contributed by atoms with Crippen LogP contribution in [0.1, 0.15) is 342 Å². The van der Waals surface area contributed by atoms with Crippen molar-refractivity contribution in [2.45, 2.75) is 348 Å². The Bertz CT molecular complexity index is 1050. The van der Waals surface area contributed by atoms with Crippen LogP contribution in [-0.2, 0) is 28.6 Å². The molecule has 0 aromatic heterocycles. The fourth-order valence-corrected chi connectivity index (χ4v) is 9.26. The molecule has 0 atom stereocenters. The first-order chi connectivity index (χ1) is 34.0. The first-order valence-electron chi connectivity index (χ1n) is 30.8. The lowest BCUT2D eigenvalue weighted by atomic mass is 10.0. The topological polar surface area (TPSA) is 78.9 Å². The minimum atomic E-state index is -0.769. The summed E-state index contributed by atoms with van der Waals surface area (Å²) in [5, 5.41) is 0. The maximum Gasteiger partial charge on any atom is 0.306 e. The normalized spacial score (nSPS) is 11.7. The molecule has 0 fully saturated rings. The molecule has 0 aliphatic heterocycles. The summed E-state index contributed by atoms with van der Waals surface area (Å²) in [6, 6.07) is 0. The third-order valence-electron chi connectivity index (χ3n) is 13.9. The van der Waals surface area contributed by atoms with Crippen LogP contribution in [-0.4, -0.2) is 37.2 Å². The number of carbonyl (C=O) groups is 3. The Kier molecular flexibility index (Phi) is 56.7. The van der Waals surface area contributed by atoms with Gasteiger partial charge in [0.05, 0.1) is 0 Å². The van der Waals surface area contributed by atoms with E-state index in [0.29, 0.717) is 19.3 Å². The van der Waals surface area contributed by atoms with Crippen molar-refractivity contribution in [3.63, 3.8) is 0 Å². The van der Waals surface area contributed by atoms with Crippen LogP contribution in [0.15, 0.2) is 24.3 Å². The summed E-state index contributed by atoms with van der Waals surface area (Å²) in [7, 11) is 0. The van der Waals surface area contributed by atoms with Crippen LogP contribution >= 0.6 is 0 Å². The average molecular weight is 972 g/mol. The summed E-state index contributed by atoms with van der Waals surface area (Å²) in [6.45, 7) is 6.68. The van der Waals surface area contributed by atoms with Gasteiger partial charge in [0, 0.05) is 19.3 Å². The van der Waals surface area contributed by atoms with Gasteiger partial charge >= 0.3 is 17.9 Å². The second-order valence-corrected chi connectivity index (χ2v) is 21.0. The van der Waals surface area contributed by atoms with Gasteiger partial charge in [0.1, 0.15) is 13.2 Å². The van der Waals surface area contributed by atoms with Gasteiger partial charge in [-0.15, -0.1) is 0 Å². The van der Waals surface area contributed by atoms with Crippen molar-refractivity contribution in [1.82, 2.24) is 0 Å². The lowest BCUT2D eigenvalue weighted by molar-refractivity contribution is -0.167. The first kappa shape index (κ1) is 66.9. The molecule has 0 rings (SSSR count). The fourth-order valence-electron chi connectivity index (χ4n) is 9.26. The lowest BCUT2D eigenvalue weighted by Gasteiger charge is -2.18. The van der Waals surface area contributed by atoms with Crippen molar-refractivity contribution in [2.24, 2.45) is 0 Å². The molecule has 0 heterocycles. The number of allylic oxidation sites excluding steroid dienone is 4. The van der Waals surface area contributed by atoms with Gasteiger partial charge in [0.2, 0.25) is 0 Å². The van der Waals surface area contributed by atoms with Crippen LogP contribution in [0.4, 0.5) is 0 Å². The summed E-state index contributed by atoms with van der Waals surface area (Å²) < 4.78 is 16.9. The number of hydrogen-bond acceptors (Lipinski definition) is 6. The Morgan fingerprint density at radius 1 is 0.275 bits per heavy atom. The standard InChI is InChI=1S/C63H118O6/c1-4-7-10-13-16-19-22-25-27-29-31-33-35-38-40-43-46-49-52-55-61(64)67-58-60(69-63(66)57-54-51-48-45-42-37-24-21-18-15-12-9-6-3)59-68-62(65)56-53-50-47-44-41-39-36-34-32-30-28-26-23-20-17-14-11-8-5-2/h25-28,60H,4-24,29-59H2,1-3H3/b27-25-,28-26-. The third kappa shape index (κ3) is 56.7. The number of esters is 3. The van der Waals surface area contributed by atoms with Gasteiger partial charge in [-0.25, -0.2) is 0 Å². The summed E-state index contributed by atoms with van der Waals surface area (Å²) in [6.07, 6.45) is 68.9. The van der Waals surface area contributed by atoms with Gasteiger partial charge in [0.25, 0.3) is 0 Å². The smallest absolute Gasteiger partial charge is 0.306 e. The molecule has 0 spiro atoms. The van der Waals surface area contributed by atoms with Gasteiger partial charge in [-0.1, -0.05) is 276 Å². The van der Waals surface area contributed by atoms with Crippen LogP contribution in [0.2, 0.25) is 0 Å². The minimum absolute atomic E-state index is 0.0681. The molecular formula is C63H118O6. The molecular weight excluding hydrogens is 853 g/mol. The molecule has 0 unspecified atom stereocenters. The molecule has 0 aliphatic rings. The molecule has 0 saturated carbocycles. The number of rotatable bonds is 57. The average Bonchev–Trinajstić information content (AvgIpc) is 3.35. The molecule has 69 heavy (non-hydrogen) atoms. The fraction of sp³-hybridized carbons (Fsp3) is 0.889. The SMILES string of the molecule is CCCCCCCC/C=C\CCCCCCCCCCCC(=O)OCC(COC(=O)CCCCCCCCCCC/C=C\CCCCCCCC)OC(=O)CCCCCCCCCCCCCCC. The first-order valence-corrected chi connectivity index (χ1v) is 30.8. The number of hydrogen-bond donors (Lipinski definition) is 0. The summed E-state index contributed by atoms with van der Waals surface area (Å²) in [4.78, 5) is 38.2. The van der Waals surface area contributed by atoms with E-state index in [1.54, 1.807) is 0 Å². The van der Waals surface area contributed by atoms with Gasteiger partial charge < -0.3 is 14.2 Å². The van der Waals surface area contributed by atoms with Crippen LogP contribution < -0.4 is 0 Å². The Balaban J connectivity index is 4.29. The van der Waals surface area contributed by atoms with E-state index >= 15 is 0 Å². The molecule has 0 aromatic carbocycles. The number of unbranched alkanes of at least 4 members (excludes halogenated alkanes) is 42. The van der Waals surface area contributed by atoms with Crippen molar-refractivity contribution in [2.75, 3.05) is 13.2 Å². The highest BCUT2D eigenvalue weighted by molar-refractivity contribution is 5.71. The quantitative estimate of drug-likeness (QED) is 0.0261. The van der Waals surface area contributed by atoms with Crippen molar-refractivity contribution in [3.05, 3.63) is 24.3 Å². The molecule has 0 saturated heterocycles. The Hall–Kier alpha value is -2.11. The highest BCUT2D eigenvalue weighted by Crippen LogP contribution is 2.17. The Labute approximate surface area is 430 Å². The van der Waals surface area contributed by atoms with E-state index < -0.39 is 6.10 Å². The molecule has 0 bridgehead atoms. The molecule has 0 N–H and O–H groups in total. The minimum Gasteiger partial charge on any atom is -0.462 e. The molecule has 6 heteroatoms. The van der Waals surface area contributed by atoms with E-state index in [2.05, 4.69) is 45.1 Å². The molecule has 0 radical (unpaired) electrons. The maximum absolute atomic E-state index is 12.9. The second kappa shape index (κ2) is 58.5. The Morgan fingerprint density at radius 2 is 0.478 bits per heavy atom. The van der Waals surface area contributed by atoms with Gasteiger partial charge in [0.15, 0.2) is 6.10 Å². The van der Waals surface area contributed by atoms with E-state index in [1.807, 2.05) is 0 Å². The summed E-state index contributed by atoms with van der Waals surface area (Å²) >= 11 is 0. The molecule has 0 amide bonds. The van der Waals surface area contributed by atoms with E-state index in [1.165, 1.54) is 244 Å². The van der Waals surface area contributed by atoms with Crippen LogP contribution in [0.5, 0.6) is 0 Å². The summed E-state index contributed by atoms with van der Waals surface area (Å²) in [5.41, 5.74) is 0. The zero-order chi connectivity index (χ0) is 50.0. The Morgan fingerprint density at radius 3 is 0.725 bits per heavy atom. The van der Waals surface area contributed by atoms with Crippen molar-refractivity contribution >= 4 is 17.9 Å².